The second kappa shape index (κ2) is 5.93. The molecule has 1 saturated carbocycles. The number of carbonyl (C=O) groups excluding carboxylic acids is 2. The second-order valence-electron chi connectivity index (χ2n) is 10.0. The number of rotatable bonds is 1. The molecule has 0 N–H and O–H groups in total. The monoisotopic (exact) mass is 368 g/mol. The van der Waals surface area contributed by atoms with Crippen LogP contribution >= 0.6 is 0 Å². The number of esters is 1. The molecule has 0 aromatic heterocycles. The van der Waals surface area contributed by atoms with Gasteiger partial charge >= 0.3 is 5.97 Å². The first-order valence-electron chi connectivity index (χ1n) is 10.4. The smallest absolute Gasteiger partial charge is 0.331 e. The summed E-state index contributed by atoms with van der Waals surface area (Å²) < 4.78 is 5.73. The van der Waals surface area contributed by atoms with Crippen molar-refractivity contribution < 1.29 is 14.3 Å². The van der Waals surface area contributed by atoms with Crippen LogP contribution in [0.4, 0.5) is 0 Å². The van der Waals surface area contributed by atoms with Crippen molar-refractivity contribution in [3.05, 3.63) is 34.9 Å². The normalized spacial score (nSPS) is 40.2. The van der Waals surface area contributed by atoms with E-state index < -0.39 is 5.60 Å². The predicted molar refractivity (Wildman–Crippen MR) is 106 cm³/mol. The number of Topliss-reactive ketones (excluding diaryl/α,β-unsaturated/α-hetero) is 1. The molecule has 0 aromatic carbocycles. The summed E-state index contributed by atoms with van der Waals surface area (Å²) in [5, 5.41) is 0. The molecule has 0 saturated heterocycles. The van der Waals surface area contributed by atoms with Crippen molar-refractivity contribution in [1.82, 2.24) is 0 Å². The van der Waals surface area contributed by atoms with E-state index in [2.05, 4.69) is 19.9 Å². The molecule has 0 bridgehead atoms. The Morgan fingerprint density at radius 2 is 1.81 bits per heavy atom. The Labute approximate surface area is 162 Å². The number of carbonyl (C=O) groups is 2. The van der Waals surface area contributed by atoms with E-state index in [0.717, 1.165) is 38.5 Å². The van der Waals surface area contributed by atoms with Crippen LogP contribution in [0, 0.1) is 22.7 Å². The third-order valence-corrected chi connectivity index (χ3v) is 8.46. The molecule has 0 aromatic rings. The first kappa shape index (κ1) is 18.7. The van der Waals surface area contributed by atoms with Gasteiger partial charge in [-0.15, -0.1) is 0 Å². The van der Waals surface area contributed by atoms with Crippen molar-refractivity contribution >= 4 is 11.8 Å². The highest BCUT2D eigenvalue weighted by atomic mass is 16.6. The maximum absolute atomic E-state index is 12.3. The van der Waals surface area contributed by atoms with Crippen LogP contribution < -0.4 is 0 Å². The van der Waals surface area contributed by atoms with Crippen LogP contribution in [-0.4, -0.2) is 17.4 Å². The van der Waals surface area contributed by atoms with E-state index in [0.29, 0.717) is 5.78 Å². The summed E-state index contributed by atoms with van der Waals surface area (Å²) in [6, 6.07) is 0. The van der Waals surface area contributed by atoms with Crippen LogP contribution in [0.15, 0.2) is 34.9 Å². The van der Waals surface area contributed by atoms with Crippen molar-refractivity contribution in [2.75, 3.05) is 0 Å². The zero-order valence-electron chi connectivity index (χ0n) is 17.4. The van der Waals surface area contributed by atoms with Crippen molar-refractivity contribution in [2.24, 2.45) is 22.7 Å². The van der Waals surface area contributed by atoms with E-state index in [1.807, 2.05) is 19.9 Å². The van der Waals surface area contributed by atoms with Gasteiger partial charge in [-0.05, 0) is 81.3 Å². The molecule has 1 aliphatic heterocycles. The van der Waals surface area contributed by atoms with E-state index >= 15 is 0 Å². The van der Waals surface area contributed by atoms with Crippen molar-refractivity contribution in [3.8, 4) is 0 Å². The Kier molecular flexibility index (Phi) is 4.11. The van der Waals surface area contributed by atoms with Crippen LogP contribution in [0.2, 0.25) is 0 Å². The average molecular weight is 369 g/mol. The summed E-state index contributed by atoms with van der Waals surface area (Å²) in [6.45, 7) is 10.6. The Bertz CT molecular complexity index is 796. The van der Waals surface area contributed by atoms with Crippen LogP contribution in [0.3, 0.4) is 0 Å². The van der Waals surface area contributed by atoms with Gasteiger partial charge in [-0.25, -0.2) is 4.79 Å². The molecule has 146 valence electrons. The lowest BCUT2D eigenvalue weighted by Gasteiger charge is -2.50. The second-order valence-corrected chi connectivity index (χ2v) is 10.0. The van der Waals surface area contributed by atoms with E-state index in [1.54, 1.807) is 18.6 Å². The van der Waals surface area contributed by atoms with Gasteiger partial charge in [0.05, 0.1) is 0 Å². The number of ether oxygens (including phenoxy) is 1. The van der Waals surface area contributed by atoms with Crippen molar-refractivity contribution in [3.63, 3.8) is 0 Å². The number of hydrogen-bond donors (Lipinski definition) is 0. The van der Waals surface area contributed by atoms with Gasteiger partial charge in [-0.3, -0.25) is 4.79 Å². The molecule has 4 aliphatic rings. The quantitative estimate of drug-likeness (QED) is 0.589. The maximum atomic E-state index is 12.3. The van der Waals surface area contributed by atoms with Gasteiger partial charge in [-0.2, -0.15) is 0 Å². The molecule has 3 nitrogen and oxygen atoms in total. The summed E-state index contributed by atoms with van der Waals surface area (Å²) in [4.78, 5) is 24.3. The van der Waals surface area contributed by atoms with E-state index in [1.165, 1.54) is 11.1 Å². The topological polar surface area (TPSA) is 43.4 Å². The lowest BCUT2D eigenvalue weighted by atomic mass is 9.54. The third kappa shape index (κ3) is 2.61. The van der Waals surface area contributed by atoms with Gasteiger partial charge in [0.2, 0.25) is 0 Å². The molecule has 3 heteroatoms. The van der Waals surface area contributed by atoms with E-state index in [-0.39, 0.29) is 28.6 Å². The third-order valence-electron chi connectivity index (χ3n) is 8.46. The number of fused-ring (bicyclic) bond motifs is 3. The lowest BCUT2D eigenvalue weighted by Crippen LogP contribution is -2.43. The summed E-state index contributed by atoms with van der Waals surface area (Å²) in [5.74, 6) is 0.519. The lowest BCUT2D eigenvalue weighted by molar-refractivity contribution is -0.153. The molecular formula is C24H32O3. The summed E-state index contributed by atoms with van der Waals surface area (Å²) in [5.41, 5.74) is 3.91. The Balaban J connectivity index is 1.78. The maximum Gasteiger partial charge on any atom is 0.331 e. The van der Waals surface area contributed by atoms with Crippen molar-refractivity contribution in [1.29, 1.82) is 0 Å². The SMILES string of the molecule is CC(=O)[C@H]1CC[C@@]2(C)C3=C(C=C4C=CC(=O)OC(C)(C)[C@@H]4CC3)CC[C@]12C. The van der Waals surface area contributed by atoms with Crippen LogP contribution in [0.25, 0.3) is 0 Å². The first-order valence-corrected chi connectivity index (χ1v) is 10.4. The number of cyclic esters (lactones) is 1. The molecule has 1 heterocycles. The molecule has 0 radical (unpaired) electrons. The molecular weight excluding hydrogens is 336 g/mol. The van der Waals surface area contributed by atoms with Gasteiger partial charge in [0, 0.05) is 17.9 Å². The van der Waals surface area contributed by atoms with Crippen LogP contribution in [0.1, 0.15) is 73.1 Å². The largest absolute Gasteiger partial charge is 0.456 e. The average Bonchev–Trinajstić information content (AvgIpc) is 2.69. The van der Waals surface area contributed by atoms with E-state index in [9.17, 15) is 9.59 Å². The molecule has 1 fully saturated rings. The highest BCUT2D eigenvalue weighted by Gasteiger charge is 2.59. The summed E-state index contributed by atoms with van der Waals surface area (Å²) in [7, 11) is 0. The van der Waals surface area contributed by atoms with Crippen molar-refractivity contribution in [2.45, 2.75) is 78.7 Å². The molecule has 4 rings (SSSR count). The minimum Gasteiger partial charge on any atom is -0.456 e. The fraction of sp³-hybridized carbons (Fsp3) is 0.667. The summed E-state index contributed by atoms with van der Waals surface area (Å²) in [6.07, 6.45) is 12.1. The summed E-state index contributed by atoms with van der Waals surface area (Å²) >= 11 is 0. The van der Waals surface area contributed by atoms with E-state index in [4.69, 9.17) is 4.74 Å². The fourth-order valence-corrected chi connectivity index (χ4v) is 6.71. The Morgan fingerprint density at radius 3 is 2.52 bits per heavy atom. The molecule has 4 atom stereocenters. The van der Waals surface area contributed by atoms with Crippen LogP contribution in [-0.2, 0) is 14.3 Å². The van der Waals surface area contributed by atoms with Crippen LogP contribution in [0.5, 0.6) is 0 Å². The Hall–Kier alpha value is -1.64. The van der Waals surface area contributed by atoms with Gasteiger partial charge < -0.3 is 4.74 Å². The first-order chi connectivity index (χ1) is 12.6. The zero-order chi connectivity index (χ0) is 19.6. The van der Waals surface area contributed by atoms with Gasteiger partial charge in [-0.1, -0.05) is 31.6 Å². The fourth-order valence-electron chi connectivity index (χ4n) is 6.71. The zero-order valence-corrected chi connectivity index (χ0v) is 17.4. The predicted octanol–water partition coefficient (Wildman–Crippen LogP) is 5.32. The highest BCUT2D eigenvalue weighted by Crippen LogP contribution is 2.66. The number of allylic oxidation sites excluding steroid dienone is 4. The van der Waals surface area contributed by atoms with Gasteiger partial charge in [0.1, 0.15) is 11.4 Å². The molecule has 0 unspecified atom stereocenters. The molecule has 3 aliphatic carbocycles. The molecule has 27 heavy (non-hydrogen) atoms. The standard InChI is InChI=1S/C24H32O3/c1-15(25)18-11-13-24(5)20-8-7-19-16(6-9-21(26)27-22(19,2)3)14-17(20)10-12-23(18,24)4/h6,9,14,18-19H,7-8,10-13H2,1-5H3/t18-,19-,23-,24+/m1/s1. The minimum atomic E-state index is -0.497. The highest BCUT2D eigenvalue weighted by molar-refractivity contribution is 5.83. The Morgan fingerprint density at radius 1 is 1.07 bits per heavy atom. The number of ketones is 1. The minimum absolute atomic E-state index is 0.0698. The van der Waals surface area contributed by atoms with Gasteiger partial charge in [0.25, 0.3) is 0 Å². The molecule has 0 spiro atoms. The number of hydrogen-bond acceptors (Lipinski definition) is 3. The van der Waals surface area contributed by atoms with Gasteiger partial charge in [0.15, 0.2) is 0 Å². The molecule has 0 amide bonds.